The lowest BCUT2D eigenvalue weighted by Crippen LogP contribution is -2.52. The first kappa shape index (κ1) is 13.0. The number of rotatable bonds is 3. The number of benzene rings is 1. The van der Waals surface area contributed by atoms with Crippen molar-refractivity contribution in [1.29, 1.82) is 0 Å². The van der Waals surface area contributed by atoms with E-state index < -0.39 is 24.7 Å². The van der Waals surface area contributed by atoms with Crippen molar-refractivity contribution < 1.29 is 18.3 Å². The van der Waals surface area contributed by atoms with Gasteiger partial charge in [-0.3, -0.25) is 0 Å². The number of hydrogen-bond acceptors (Lipinski definition) is 2. The van der Waals surface area contributed by atoms with Crippen molar-refractivity contribution in [2.75, 3.05) is 6.54 Å². The van der Waals surface area contributed by atoms with Crippen LogP contribution in [0.15, 0.2) is 24.3 Å². The van der Waals surface area contributed by atoms with E-state index in [2.05, 4.69) is 0 Å². The van der Waals surface area contributed by atoms with E-state index in [-0.39, 0.29) is 0 Å². The normalized spacial score (nSPS) is 15.9. The summed E-state index contributed by atoms with van der Waals surface area (Å²) in [5.74, 6) is 0. The van der Waals surface area contributed by atoms with Crippen molar-refractivity contribution in [2.24, 2.45) is 5.73 Å². The van der Waals surface area contributed by atoms with E-state index in [0.29, 0.717) is 5.56 Å². The van der Waals surface area contributed by atoms with Crippen LogP contribution in [0, 0.1) is 6.92 Å². The molecule has 0 aliphatic heterocycles. The van der Waals surface area contributed by atoms with E-state index in [9.17, 15) is 18.3 Å². The van der Waals surface area contributed by atoms with E-state index in [1.165, 1.54) is 0 Å². The Morgan fingerprint density at radius 3 is 2.38 bits per heavy atom. The van der Waals surface area contributed by atoms with Gasteiger partial charge in [-0.2, -0.15) is 13.2 Å². The van der Waals surface area contributed by atoms with E-state index in [1.807, 2.05) is 0 Å². The Morgan fingerprint density at radius 2 is 1.94 bits per heavy atom. The third-order valence-corrected chi connectivity index (χ3v) is 2.44. The van der Waals surface area contributed by atoms with Gasteiger partial charge in [0.2, 0.25) is 0 Å². The lowest BCUT2D eigenvalue weighted by Gasteiger charge is -2.29. The van der Waals surface area contributed by atoms with Gasteiger partial charge in [0.25, 0.3) is 0 Å². The molecule has 0 saturated carbocycles. The van der Waals surface area contributed by atoms with Crippen molar-refractivity contribution in [3.05, 3.63) is 35.4 Å². The predicted octanol–water partition coefficient (Wildman–Crippen LogP) is 1.79. The molecule has 0 aliphatic carbocycles. The summed E-state index contributed by atoms with van der Waals surface area (Å²) in [5.41, 5.74) is 3.43. The number of nitrogens with two attached hydrogens (primary N) is 1. The lowest BCUT2D eigenvalue weighted by atomic mass is 9.93. The topological polar surface area (TPSA) is 46.2 Å². The van der Waals surface area contributed by atoms with Crippen LogP contribution in [-0.2, 0) is 6.42 Å². The van der Waals surface area contributed by atoms with Crippen LogP contribution < -0.4 is 5.73 Å². The Labute approximate surface area is 91.9 Å². The highest BCUT2D eigenvalue weighted by atomic mass is 19.4. The Kier molecular flexibility index (Phi) is 3.60. The molecule has 0 radical (unpaired) electrons. The minimum absolute atomic E-state index is 0.422. The molecule has 2 nitrogen and oxygen atoms in total. The fourth-order valence-electron chi connectivity index (χ4n) is 1.45. The first-order valence-electron chi connectivity index (χ1n) is 4.83. The van der Waals surface area contributed by atoms with Crippen molar-refractivity contribution in [2.45, 2.75) is 25.1 Å². The summed E-state index contributed by atoms with van der Waals surface area (Å²) in [4.78, 5) is 0. The molecular weight excluding hydrogens is 219 g/mol. The predicted molar refractivity (Wildman–Crippen MR) is 54.9 cm³/mol. The molecule has 5 heteroatoms. The second kappa shape index (κ2) is 4.43. The summed E-state index contributed by atoms with van der Waals surface area (Å²) in [6.07, 6.45) is -5.24. The summed E-state index contributed by atoms with van der Waals surface area (Å²) in [6.45, 7) is 0.934. The SMILES string of the molecule is Cc1cccc(CC(O)(CN)C(F)(F)F)c1. The molecule has 16 heavy (non-hydrogen) atoms. The third kappa shape index (κ3) is 2.74. The molecule has 0 spiro atoms. The second-order valence-electron chi connectivity index (χ2n) is 3.90. The van der Waals surface area contributed by atoms with Gasteiger partial charge >= 0.3 is 6.18 Å². The van der Waals surface area contributed by atoms with Crippen LogP contribution in [0.4, 0.5) is 13.2 Å². The molecular formula is C11H14F3NO. The fraction of sp³-hybridized carbons (Fsp3) is 0.455. The zero-order chi connectivity index (χ0) is 12.4. The molecule has 0 fully saturated rings. The average Bonchev–Trinajstić information content (AvgIpc) is 2.15. The molecule has 90 valence electrons. The van der Waals surface area contributed by atoms with Crippen molar-refractivity contribution in [1.82, 2.24) is 0 Å². The average molecular weight is 233 g/mol. The highest BCUT2D eigenvalue weighted by Crippen LogP contribution is 2.32. The van der Waals surface area contributed by atoms with Gasteiger partial charge in [-0.15, -0.1) is 0 Å². The molecule has 3 N–H and O–H groups in total. The molecule has 1 atom stereocenters. The van der Waals surface area contributed by atoms with Crippen molar-refractivity contribution in [3.8, 4) is 0 Å². The quantitative estimate of drug-likeness (QED) is 0.836. The smallest absolute Gasteiger partial charge is 0.379 e. The number of aliphatic hydroxyl groups is 1. The Hall–Kier alpha value is -1.07. The Bertz CT molecular complexity index is 364. The van der Waals surface area contributed by atoms with Gasteiger partial charge in [0.15, 0.2) is 5.60 Å². The standard InChI is InChI=1S/C11H14F3NO/c1-8-3-2-4-9(5-8)6-10(16,7-15)11(12,13)14/h2-5,16H,6-7,15H2,1H3. The molecule has 1 aromatic rings. The third-order valence-electron chi connectivity index (χ3n) is 2.44. The van der Waals surface area contributed by atoms with Crippen LogP contribution in [0.3, 0.4) is 0 Å². The maximum Gasteiger partial charge on any atom is 0.418 e. The highest BCUT2D eigenvalue weighted by molar-refractivity contribution is 5.24. The maximum atomic E-state index is 12.6. The molecule has 0 aliphatic rings. The molecule has 1 unspecified atom stereocenters. The zero-order valence-corrected chi connectivity index (χ0v) is 8.88. The monoisotopic (exact) mass is 233 g/mol. The van der Waals surface area contributed by atoms with Gasteiger partial charge in [-0.1, -0.05) is 29.8 Å². The molecule has 0 saturated heterocycles. The molecule has 0 aromatic heterocycles. The Morgan fingerprint density at radius 1 is 1.31 bits per heavy atom. The van der Waals surface area contributed by atoms with E-state index in [0.717, 1.165) is 5.56 Å². The lowest BCUT2D eigenvalue weighted by molar-refractivity contribution is -0.255. The number of alkyl halides is 3. The molecule has 1 aromatic carbocycles. The summed E-state index contributed by atoms with van der Waals surface area (Å²) in [6, 6.07) is 6.57. The summed E-state index contributed by atoms with van der Waals surface area (Å²) in [5, 5.41) is 9.45. The van der Waals surface area contributed by atoms with Crippen LogP contribution >= 0.6 is 0 Å². The fourth-order valence-corrected chi connectivity index (χ4v) is 1.45. The number of halogens is 3. The zero-order valence-electron chi connectivity index (χ0n) is 8.88. The van der Waals surface area contributed by atoms with Gasteiger partial charge < -0.3 is 10.8 Å². The van der Waals surface area contributed by atoms with Crippen LogP contribution in [-0.4, -0.2) is 23.4 Å². The minimum Gasteiger partial charge on any atom is -0.379 e. The Balaban J connectivity index is 2.94. The number of aryl methyl sites for hydroxylation is 1. The van der Waals surface area contributed by atoms with E-state index >= 15 is 0 Å². The van der Waals surface area contributed by atoms with Gasteiger partial charge in [0.1, 0.15) is 0 Å². The second-order valence-corrected chi connectivity index (χ2v) is 3.90. The number of hydrogen-bond donors (Lipinski definition) is 2. The first-order valence-corrected chi connectivity index (χ1v) is 4.83. The highest BCUT2D eigenvalue weighted by Gasteiger charge is 2.52. The van der Waals surface area contributed by atoms with Crippen LogP contribution in [0.25, 0.3) is 0 Å². The summed E-state index contributed by atoms with van der Waals surface area (Å²) >= 11 is 0. The van der Waals surface area contributed by atoms with Gasteiger partial charge in [-0.05, 0) is 12.5 Å². The molecule has 0 amide bonds. The van der Waals surface area contributed by atoms with E-state index in [4.69, 9.17) is 5.73 Å². The van der Waals surface area contributed by atoms with Gasteiger partial charge in [0, 0.05) is 13.0 Å². The summed E-state index contributed by atoms with van der Waals surface area (Å²) in [7, 11) is 0. The first-order chi connectivity index (χ1) is 7.28. The molecule has 0 bridgehead atoms. The molecule has 1 rings (SSSR count). The van der Waals surface area contributed by atoms with Crippen LogP contribution in [0.1, 0.15) is 11.1 Å². The van der Waals surface area contributed by atoms with E-state index in [1.54, 1.807) is 31.2 Å². The largest absolute Gasteiger partial charge is 0.418 e. The van der Waals surface area contributed by atoms with Crippen molar-refractivity contribution >= 4 is 0 Å². The maximum absolute atomic E-state index is 12.6. The molecule has 0 heterocycles. The van der Waals surface area contributed by atoms with Gasteiger partial charge in [-0.25, -0.2) is 0 Å². The summed E-state index contributed by atoms with van der Waals surface area (Å²) < 4.78 is 37.7. The van der Waals surface area contributed by atoms with Crippen molar-refractivity contribution in [3.63, 3.8) is 0 Å². The minimum atomic E-state index is -4.72. The van der Waals surface area contributed by atoms with Crippen LogP contribution in [0.2, 0.25) is 0 Å². The van der Waals surface area contributed by atoms with Gasteiger partial charge in [0.05, 0.1) is 0 Å². The van der Waals surface area contributed by atoms with Crippen LogP contribution in [0.5, 0.6) is 0 Å².